The van der Waals surface area contributed by atoms with Gasteiger partial charge in [-0.15, -0.1) is 0 Å². The molecular formula is C34H39N3O5. The number of ether oxygens (including phenoxy) is 1. The van der Waals surface area contributed by atoms with Gasteiger partial charge in [-0.05, 0) is 47.1 Å². The van der Waals surface area contributed by atoms with Gasteiger partial charge in [0.15, 0.2) is 0 Å². The first-order chi connectivity index (χ1) is 20.2. The van der Waals surface area contributed by atoms with Gasteiger partial charge >= 0.3 is 12.1 Å². The number of hydrogen-bond acceptors (Lipinski definition) is 5. The molecule has 2 amide bonds. The van der Waals surface area contributed by atoms with E-state index in [-0.39, 0.29) is 25.0 Å². The molecule has 8 heteroatoms. The smallest absolute Gasteiger partial charge is 0.408 e. The molecule has 5 rings (SSSR count). The molecule has 0 saturated carbocycles. The Morgan fingerprint density at radius 3 is 2.12 bits per heavy atom. The lowest BCUT2D eigenvalue weighted by Gasteiger charge is -2.33. The van der Waals surface area contributed by atoms with E-state index < -0.39 is 35.5 Å². The SMILES string of the molecule is CC(C)C(C(=O)O)C(C)NC(=O)C1(NC(=O)OCC2c3ccccc3-c3ccccc32)CCN(Cc2ccccc2)C1. The van der Waals surface area contributed by atoms with Crippen LogP contribution in [0.5, 0.6) is 0 Å². The Kier molecular flexibility index (Phi) is 8.64. The fourth-order valence-corrected chi connectivity index (χ4v) is 6.55. The standard InChI is InChI=1S/C34H39N3O5/c1-22(2)30(31(38)39)23(3)35-32(40)34(17-18-37(21-34)19-24-11-5-4-6-12-24)36-33(41)42-20-29-27-15-9-7-13-25(27)26-14-8-10-16-28(26)29/h4-16,22-23,29-30H,17-21H2,1-3H3,(H,35,40)(H,36,41)(H,38,39). The van der Waals surface area contributed by atoms with Gasteiger partial charge in [-0.1, -0.05) is 92.7 Å². The number of hydrogen-bond donors (Lipinski definition) is 3. The molecule has 1 fully saturated rings. The fraction of sp³-hybridized carbons (Fsp3) is 0.382. The highest BCUT2D eigenvalue weighted by Crippen LogP contribution is 2.44. The van der Waals surface area contributed by atoms with Gasteiger partial charge in [0.2, 0.25) is 5.91 Å². The zero-order valence-corrected chi connectivity index (χ0v) is 24.4. The summed E-state index contributed by atoms with van der Waals surface area (Å²) in [7, 11) is 0. The van der Waals surface area contributed by atoms with E-state index in [1.54, 1.807) is 6.92 Å². The van der Waals surface area contributed by atoms with E-state index in [1.165, 1.54) is 0 Å². The van der Waals surface area contributed by atoms with Gasteiger partial charge < -0.3 is 20.5 Å². The largest absolute Gasteiger partial charge is 0.481 e. The highest BCUT2D eigenvalue weighted by Gasteiger charge is 2.47. The summed E-state index contributed by atoms with van der Waals surface area (Å²) in [6, 6.07) is 25.6. The first-order valence-electron chi connectivity index (χ1n) is 14.6. The maximum Gasteiger partial charge on any atom is 0.408 e. The van der Waals surface area contributed by atoms with Crippen LogP contribution in [0.4, 0.5) is 4.79 Å². The zero-order valence-electron chi connectivity index (χ0n) is 24.4. The monoisotopic (exact) mass is 569 g/mol. The first kappa shape index (κ1) is 29.3. The number of carbonyl (C=O) groups is 3. The Balaban J connectivity index is 1.32. The second kappa shape index (κ2) is 12.4. The minimum absolute atomic E-state index is 0.103. The molecule has 3 aromatic rings. The zero-order chi connectivity index (χ0) is 29.9. The molecule has 0 spiro atoms. The van der Waals surface area contributed by atoms with E-state index in [0.717, 1.165) is 27.8 Å². The molecule has 220 valence electrons. The van der Waals surface area contributed by atoms with Crippen molar-refractivity contribution in [1.29, 1.82) is 0 Å². The number of fused-ring (bicyclic) bond motifs is 3. The summed E-state index contributed by atoms with van der Waals surface area (Å²) in [5.74, 6) is -2.41. The van der Waals surface area contributed by atoms with Gasteiger partial charge in [0.25, 0.3) is 0 Å². The summed E-state index contributed by atoms with van der Waals surface area (Å²) in [6.07, 6.45) is -0.290. The van der Waals surface area contributed by atoms with Crippen molar-refractivity contribution in [3.63, 3.8) is 0 Å². The van der Waals surface area contributed by atoms with E-state index in [1.807, 2.05) is 68.4 Å². The fourth-order valence-electron chi connectivity index (χ4n) is 6.55. The average molecular weight is 570 g/mol. The number of carboxylic acid groups (broad SMARTS) is 1. The predicted octanol–water partition coefficient (Wildman–Crippen LogP) is 5.03. The number of carboxylic acids is 1. The quantitative estimate of drug-likeness (QED) is 0.316. The lowest BCUT2D eigenvalue weighted by Crippen LogP contribution is -2.62. The van der Waals surface area contributed by atoms with Crippen LogP contribution in [0.2, 0.25) is 0 Å². The van der Waals surface area contributed by atoms with Crippen molar-refractivity contribution in [3.8, 4) is 11.1 Å². The summed E-state index contributed by atoms with van der Waals surface area (Å²) >= 11 is 0. The number of benzene rings is 3. The molecule has 1 saturated heterocycles. The van der Waals surface area contributed by atoms with Crippen molar-refractivity contribution >= 4 is 18.0 Å². The molecule has 1 aliphatic heterocycles. The van der Waals surface area contributed by atoms with E-state index in [9.17, 15) is 19.5 Å². The van der Waals surface area contributed by atoms with E-state index in [2.05, 4.69) is 39.8 Å². The molecule has 0 aromatic heterocycles. The van der Waals surface area contributed by atoms with Gasteiger partial charge in [0.1, 0.15) is 12.1 Å². The molecule has 0 bridgehead atoms. The van der Waals surface area contributed by atoms with Gasteiger partial charge in [0.05, 0.1) is 5.92 Å². The number of aliphatic carboxylic acids is 1. The van der Waals surface area contributed by atoms with Gasteiger partial charge in [-0.3, -0.25) is 14.5 Å². The van der Waals surface area contributed by atoms with Crippen LogP contribution in [-0.4, -0.2) is 59.3 Å². The third-order valence-electron chi connectivity index (χ3n) is 8.62. The van der Waals surface area contributed by atoms with Crippen LogP contribution in [0, 0.1) is 11.8 Å². The lowest BCUT2D eigenvalue weighted by molar-refractivity contribution is -0.144. The second-order valence-electron chi connectivity index (χ2n) is 11.8. The van der Waals surface area contributed by atoms with Crippen LogP contribution in [0.15, 0.2) is 78.9 Å². The second-order valence-corrected chi connectivity index (χ2v) is 11.8. The lowest BCUT2D eigenvalue weighted by atomic mass is 9.88. The first-order valence-corrected chi connectivity index (χ1v) is 14.6. The molecule has 42 heavy (non-hydrogen) atoms. The Labute approximate surface area is 247 Å². The molecule has 3 N–H and O–H groups in total. The summed E-state index contributed by atoms with van der Waals surface area (Å²) in [6.45, 7) is 6.98. The van der Waals surface area contributed by atoms with Crippen molar-refractivity contribution in [2.24, 2.45) is 11.8 Å². The van der Waals surface area contributed by atoms with Gasteiger partial charge in [-0.2, -0.15) is 0 Å². The summed E-state index contributed by atoms with van der Waals surface area (Å²) in [5.41, 5.74) is 4.34. The van der Waals surface area contributed by atoms with E-state index in [4.69, 9.17) is 4.74 Å². The minimum Gasteiger partial charge on any atom is -0.481 e. The third-order valence-corrected chi connectivity index (χ3v) is 8.62. The number of carbonyl (C=O) groups excluding carboxylic acids is 2. The number of rotatable bonds is 10. The molecule has 0 radical (unpaired) electrons. The number of amides is 2. The highest BCUT2D eigenvalue weighted by atomic mass is 16.5. The van der Waals surface area contributed by atoms with Gasteiger partial charge in [0, 0.05) is 31.6 Å². The molecule has 1 heterocycles. The highest BCUT2D eigenvalue weighted by molar-refractivity contribution is 5.91. The molecule has 3 aromatic carbocycles. The minimum atomic E-state index is -1.26. The Bertz CT molecular complexity index is 1400. The number of nitrogens with one attached hydrogen (secondary N) is 2. The topological polar surface area (TPSA) is 108 Å². The third kappa shape index (κ3) is 6.04. The van der Waals surface area contributed by atoms with Crippen LogP contribution in [0.1, 0.15) is 49.8 Å². The average Bonchev–Trinajstić information content (AvgIpc) is 3.51. The van der Waals surface area contributed by atoms with Crippen molar-refractivity contribution < 1.29 is 24.2 Å². The van der Waals surface area contributed by atoms with Crippen molar-refractivity contribution in [2.75, 3.05) is 19.7 Å². The van der Waals surface area contributed by atoms with Crippen molar-refractivity contribution in [3.05, 3.63) is 95.6 Å². The maximum atomic E-state index is 13.8. The molecule has 3 unspecified atom stereocenters. The Hall–Kier alpha value is -4.17. The number of nitrogens with zero attached hydrogens (tertiary/aromatic N) is 1. The Morgan fingerprint density at radius 2 is 1.52 bits per heavy atom. The maximum absolute atomic E-state index is 13.8. The molecule has 2 aliphatic rings. The molecular weight excluding hydrogens is 530 g/mol. The number of likely N-dealkylation sites (tertiary alicyclic amines) is 1. The van der Waals surface area contributed by atoms with Crippen LogP contribution in [0.25, 0.3) is 11.1 Å². The van der Waals surface area contributed by atoms with Crippen molar-refractivity contribution in [1.82, 2.24) is 15.5 Å². The summed E-state index contributed by atoms with van der Waals surface area (Å²) in [4.78, 5) is 41.3. The summed E-state index contributed by atoms with van der Waals surface area (Å²) < 4.78 is 5.82. The molecule has 3 atom stereocenters. The van der Waals surface area contributed by atoms with Crippen LogP contribution >= 0.6 is 0 Å². The van der Waals surface area contributed by atoms with Gasteiger partial charge in [-0.25, -0.2) is 4.79 Å². The van der Waals surface area contributed by atoms with E-state index >= 15 is 0 Å². The van der Waals surface area contributed by atoms with Crippen molar-refractivity contribution in [2.45, 2.75) is 51.2 Å². The molecule has 8 nitrogen and oxygen atoms in total. The van der Waals surface area contributed by atoms with Crippen LogP contribution in [-0.2, 0) is 20.9 Å². The van der Waals surface area contributed by atoms with Crippen LogP contribution in [0.3, 0.4) is 0 Å². The Morgan fingerprint density at radius 1 is 0.929 bits per heavy atom. The molecule has 1 aliphatic carbocycles. The predicted molar refractivity (Wildman–Crippen MR) is 161 cm³/mol. The summed E-state index contributed by atoms with van der Waals surface area (Å²) in [5, 5.41) is 15.6. The number of alkyl carbamates (subject to hydrolysis) is 1. The normalized spacial score (nSPS) is 19.5. The van der Waals surface area contributed by atoms with Crippen LogP contribution < -0.4 is 10.6 Å². The van der Waals surface area contributed by atoms with E-state index in [0.29, 0.717) is 19.5 Å².